The third-order valence-electron chi connectivity index (χ3n) is 3.10. The maximum Gasteiger partial charge on any atom is 0.135 e. The van der Waals surface area contributed by atoms with Gasteiger partial charge in [-0.15, -0.1) is 0 Å². The van der Waals surface area contributed by atoms with E-state index in [1.165, 1.54) is 16.2 Å². The van der Waals surface area contributed by atoms with E-state index in [0.29, 0.717) is 5.92 Å². The van der Waals surface area contributed by atoms with Gasteiger partial charge in [0.1, 0.15) is 5.58 Å². The van der Waals surface area contributed by atoms with Gasteiger partial charge in [0.05, 0.1) is 6.26 Å². The number of fused-ring (bicyclic) bond motifs is 3. The number of benzene rings is 2. The van der Waals surface area contributed by atoms with Gasteiger partial charge < -0.3 is 4.42 Å². The van der Waals surface area contributed by atoms with Crippen LogP contribution in [0, 0.1) is 12.8 Å². The Bertz CT molecular complexity index is 717. The van der Waals surface area contributed by atoms with Crippen LogP contribution in [0.15, 0.2) is 53.2 Å². The fourth-order valence-corrected chi connectivity index (χ4v) is 2.22. The van der Waals surface area contributed by atoms with Crippen molar-refractivity contribution in [1.82, 2.24) is 0 Å². The molecule has 0 saturated carbocycles. The van der Waals surface area contributed by atoms with Crippen LogP contribution >= 0.6 is 0 Å². The van der Waals surface area contributed by atoms with Gasteiger partial charge in [0.2, 0.25) is 0 Å². The number of furan rings is 1. The van der Waals surface area contributed by atoms with Crippen LogP contribution < -0.4 is 0 Å². The minimum Gasteiger partial charge on any atom is -0.464 e. The lowest BCUT2D eigenvalue weighted by molar-refractivity contribution is 0.615. The third kappa shape index (κ3) is 1.82. The minimum atomic E-state index is 0.296. The Morgan fingerprint density at radius 2 is 2.00 bits per heavy atom. The molecule has 2 aromatic carbocycles. The standard InChI is InChI=1S/C17H15O/c1-12(2)7-8-14-11-18-16-10-9-13-5-3-4-6-15(13)17(14)16/h3-12H,1H2,2H3. The van der Waals surface area contributed by atoms with Crippen molar-refractivity contribution in [3.63, 3.8) is 0 Å². The highest BCUT2D eigenvalue weighted by molar-refractivity contribution is 6.09. The van der Waals surface area contributed by atoms with Crippen molar-refractivity contribution >= 4 is 27.8 Å². The zero-order valence-electron chi connectivity index (χ0n) is 10.4. The molecule has 1 radical (unpaired) electrons. The second kappa shape index (κ2) is 4.34. The fourth-order valence-electron chi connectivity index (χ4n) is 2.22. The summed E-state index contributed by atoms with van der Waals surface area (Å²) in [5.41, 5.74) is 2.06. The summed E-state index contributed by atoms with van der Waals surface area (Å²) in [4.78, 5) is 0. The number of rotatable bonds is 2. The first-order valence-corrected chi connectivity index (χ1v) is 6.16. The molecule has 1 nitrogen and oxygen atoms in total. The molecule has 3 rings (SSSR count). The van der Waals surface area contributed by atoms with E-state index in [0.717, 1.165) is 11.1 Å². The number of allylic oxidation sites excluding steroid dienone is 1. The Hall–Kier alpha value is -2.02. The van der Waals surface area contributed by atoms with Gasteiger partial charge in [0.25, 0.3) is 0 Å². The summed E-state index contributed by atoms with van der Waals surface area (Å²) in [5.74, 6) is 0.296. The normalized spacial score (nSPS) is 12.2. The molecular formula is C17H15O. The maximum atomic E-state index is 5.62. The second-order valence-corrected chi connectivity index (χ2v) is 4.69. The van der Waals surface area contributed by atoms with Crippen LogP contribution in [-0.4, -0.2) is 0 Å². The molecule has 0 saturated heterocycles. The molecule has 3 aromatic rings. The van der Waals surface area contributed by atoms with Crippen molar-refractivity contribution < 1.29 is 4.42 Å². The van der Waals surface area contributed by atoms with E-state index < -0.39 is 0 Å². The molecule has 1 heteroatoms. The Morgan fingerprint density at radius 3 is 2.83 bits per heavy atom. The van der Waals surface area contributed by atoms with Crippen molar-refractivity contribution in [2.75, 3.05) is 0 Å². The maximum absolute atomic E-state index is 5.62. The third-order valence-corrected chi connectivity index (χ3v) is 3.10. The molecule has 18 heavy (non-hydrogen) atoms. The van der Waals surface area contributed by atoms with Crippen molar-refractivity contribution in [3.05, 3.63) is 61.2 Å². The van der Waals surface area contributed by atoms with Crippen LogP contribution in [0.2, 0.25) is 0 Å². The van der Waals surface area contributed by atoms with Crippen LogP contribution in [0.4, 0.5) is 0 Å². The molecule has 89 valence electrons. The van der Waals surface area contributed by atoms with Gasteiger partial charge in [-0.25, -0.2) is 0 Å². The molecule has 1 unspecified atom stereocenters. The topological polar surface area (TPSA) is 13.1 Å². The largest absolute Gasteiger partial charge is 0.464 e. The molecule has 0 aliphatic rings. The molecule has 1 heterocycles. The summed E-state index contributed by atoms with van der Waals surface area (Å²) in [6.07, 6.45) is 6.00. The lowest BCUT2D eigenvalue weighted by Gasteiger charge is -2.00. The van der Waals surface area contributed by atoms with Gasteiger partial charge in [-0.05, 0) is 29.7 Å². The Kier molecular flexibility index (Phi) is 2.67. The van der Waals surface area contributed by atoms with E-state index >= 15 is 0 Å². The molecule has 0 fully saturated rings. The SMILES string of the molecule is [CH2]C(C)C=Cc1coc2ccc3ccccc3c12. The highest BCUT2D eigenvalue weighted by atomic mass is 16.3. The Morgan fingerprint density at radius 1 is 1.17 bits per heavy atom. The van der Waals surface area contributed by atoms with E-state index in [4.69, 9.17) is 4.42 Å². The summed E-state index contributed by atoms with van der Waals surface area (Å²) < 4.78 is 5.62. The van der Waals surface area contributed by atoms with E-state index in [-0.39, 0.29) is 0 Å². The Labute approximate surface area is 107 Å². The zero-order valence-corrected chi connectivity index (χ0v) is 10.4. The molecule has 0 bridgehead atoms. The lowest BCUT2D eigenvalue weighted by atomic mass is 10.0. The van der Waals surface area contributed by atoms with E-state index in [1.54, 1.807) is 0 Å². The lowest BCUT2D eigenvalue weighted by Crippen LogP contribution is -1.78. The van der Waals surface area contributed by atoms with Crippen LogP contribution in [0.25, 0.3) is 27.8 Å². The van der Waals surface area contributed by atoms with Gasteiger partial charge in [-0.3, -0.25) is 0 Å². The van der Waals surface area contributed by atoms with Gasteiger partial charge in [0, 0.05) is 10.9 Å². The molecule has 1 atom stereocenters. The van der Waals surface area contributed by atoms with Crippen LogP contribution in [0.5, 0.6) is 0 Å². The average Bonchev–Trinajstić information content (AvgIpc) is 2.80. The van der Waals surface area contributed by atoms with Gasteiger partial charge in [-0.1, -0.05) is 49.4 Å². The molecule has 0 N–H and O–H groups in total. The number of hydrogen-bond acceptors (Lipinski definition) is 1. The van der Waals surface area contributed by atoms with Crippen molar-refractivity contribution in [3.8, 4) is 0 Å². The highest BCUT2D eigenvalue weighted by Crippen LogP contribution is 2.30. The summed E-state index contributed by atoms with van der Waals surface area (Å²) in [5, 5.41) is 3.66. The van der Waals surface area contributed by atoms with Crippen LogP contribution in [0.3, 0.4) is 0 Å². The van der Waals surface area contributed by atoms with Crippen LogP contribution in [0.1, 0.15) is 12.5 Å². The van der Waals surface area contributed by atoms with Crippen molar-refractivity contribution in [2.24, 2.45) is 5.92 Å². The van der Waals surface area contributed by atoms with Gasteiger partial charge >= 0.3 is 0 Å². The van der Waals surface area contributed by atoms with Gasteiger partial charge in [-0.2, -0.15) is 0 Å². The monoisotopic (exact) mass is 235 g/mol. The molecule has 0 aliphatic heterocycles. The zero-order chi connectivity index (χ0) is 12.5. The summed E-state index contributed by atoms with van der Waals surface area (Å²) in [6, 6.07) is 12.5. The molecule has 0 aliphatic carbocycles. The minimum absolute atomic E-state index is 0.296. The smallest absolute Gasteiger partial charge is 0.135 e. The summed E-state index contributed by atoms with van der Waals surface area (Å²) in [7, 11) is 0. The first-order valence-electron chi connectivity index (χ1n) is 6.16. The van der Waals surface area contributed by atoms with Crippen molar-refractivity contribution in [2.45, 2.75) is 6.92 Å². The van der Waals surface area contributed by atoms with E-state index in [2.05, 4.69) is 56.3 Å². The predicted octanol–water partition coefficient (Wildman–Crippen LogP) is 5.07. The summed E-state index contributed by atoms with van der Waals surface area (Å²) in [6.45, 7) is 6.03. The first kappa shape index (κ1) is 11.1. The summed E-state index contributed by atoms with van der Waals surface area (Å²) >= 11 is 0. The molecule has 0 amide bonds. The molecular weight excluding hydrogens is 220 g/mol. The predicted molar refractivity (Wildman–Crippen MR) is 77.3 cm³/mol. The fraction of sp³-hybridized carbons (Fsp3) is 0.118. The molecule has 0 spiro atoms. The highest BCUT2D eigenvalue weighted by Gasteiger charge is 2.07. The average molecular weight is 235 g/mol. The Balaban J connectivity index is 2.30. The van der Waals surface area contributed by atoms with Crippen LogP contribution in [-0.2, 0) is 0 Å². The first-order chi connectivity index (χ1) is 8.75. The second-order valence-electron chi connectivity index (χ2n) is 4.69. The molecule has 1 aromatic heterocycles. The number of hydrogen-bond donors (Lipinski definition) is 0. The van der Waals surface area contributed by atoms with Crippen molar-refractivity contribution in [1.29, 1.82) is 0 Å². The van der Waals surface area contributed by atoms with Gasteiger partial charge in [0.15, 0.2) is 0 Å². The van der Waals surface area contributed by atoms with E-state index in [1.807, 2.05) is 12.3 Å². The quantitative estimate of drug-likeness (QED) is 0.604. The van der Waals surface area contributed by atoms with E-state index in [9.17, 15) is 0 Å².